The fraction of sp³-hybridized carbons (Fsp3) is 0.385. The number of rotatable bonds is 6. The quantitative estimate of drug-likeness (QED) is 0.777. The van der Waals surface area contributed by atoms with E-state index in [4.69, 9.17) is 4.74 Å². The van der Waals surface area contributed by atoms with Gasteiger partial charge in [0.25, 0.3) is 0 Å². The summed E-state index contributed by atoms with van der Waals surface area (Å²) in [6.07, 6.45) is 2.50. The molecule has 2 rings (SSSR count). The van der Waals surface area contributed by atoms with Gasteiger partial charge in [0.05, 0.1) is 13.7 Å². The van der Waals surface area contributed by atoms with Crippen LogP contribution in [-0.2, 0) is 20.0 Å². The number of ether oxygens (including phenoxy) is 1. The summed E-state index contributed by atoms with van der Waals surface area (Å²) >= 11 is 0. The third-order valence-corrected chi connectivity index (χ3v) is 2.85. The van der Waals surface area contributed by atoms with Crippen LogP contribution in [0.25, 0.3) is 0 Å². The highest BCUT2D eigenvalue weighted by Gasteiger charge is 2.02. The zero-order chi connectivity index (χ0) is 12.8. The first kappa shape index (κ1) is 12.6. The lowest BCUT2D eigenvalue weighted by atomic mass is 10.1. The number of benzene rings is 1. The van der Waals surface area contributed by atoms with Crippen LogP contribution >= 0.6 is 0 Å². The summed E-state index contributed by atoms with van der Waals surface area (Å²) in [6, 6.07) is 8.08. The van der Waals surface area contributed by atoms with Gasteiger partial charge in [0, 0.05) is 7.05 Å². The van der Waals surface area contributed by atoms with Gasteiger partial charge in [0.15, 0.2) is 0 Å². The normalized spacial score (nSPS) is 10.6. The molecule has 0 spiro atoms. The molecule has 0 atom stereocenters. The smallest absolute Gasteiger partial charge is 0.140 e. The van der Waals surface area contributed by atoms with Gasteiger partial charge in [-0.25, -0.2) is 4.98 Å². The molecule has 0 fully saturated rings. The highest BCUT2D eigenvalue weighted by Crippen LogP contribution is 2.17. The molecule has 0 bridgehead atoms. The summed E-state index contributed by atoms with van der Waals surface area (Å²) in [5.74, 6) is 1.88. The van der Waals surface area contributed by atoms with Gasteiger partial charge in [0.2, 0.25) is 0 Å². The van der Waals surface area contributed by atoms with Crippen molar-refractivity contribution in [2.24, 2.45) is 7.05 Å². The Kier molecular flexibility index (Phi) is 4.30. The first-order chi connectivity index (χ1) is 8.81. The van der Waals surface area contributed by atoms with Gasteiger partial charge in [-0.2, -0.15) is 5.10 Å². The Morgan fingerprint density at radius 2 is 2.17 bits per heavy atom. The fourth-order valence-corrected chi connectivity index (χ4v) is 1.81. The largest absolute Gasteiger partial charge is 0.496 e. The number of para-hydroxylation sites is 1. The van der Waals surface area contributed by atoms with Crippen LogP contribution in [0.5, 0.6) is 5.75 Å². The van der Waals surface area contributed by atoms with Crippen molar-refractivity contribution in [2.75, 3.05) is 13.7 Å². The van der Waals surface area contributed by atoms with Crippen molar-refractivity contribution < 1.29 is 4.74 Å². The van der Waals surface area contributed by atoms with E-state index in [1.165, 1.54) is 5.56 Å². The predicted octanol–water partition coefficient (Wildman–Crippen LogP) is 1.16. The Morgan fingerprint density at radius 1 is 1.33 bits per heavy atom. The molecule has 0 unspecified atom stereocenters. The molecular weight excluding hydrogens is 228 g/mol. The van der Waals surface area contributed by atoms with Crippen LogP contribution in [0.15, 0.2) is 30.6 Å². The van der Waals surface area contributed by atoms with Crippen LogP contribution in [0.4, 0.5) is 0 Å². The molecule has 0 amide bonds. The number of nitrogens with one attached hydrogen (secondary N) is 1. The van der Waals surface area contributed by atoms with E-state index in [0.717, 1.165) is 31.1 Å². The molecule has 0 aliphatic rings. The summed E-state index contributed by atoms with van der Waals surface area (Å²) in [5, 5.41) is 7.38. The molecule has 18 heavy (non-hydrogen) atoms. The van der Waals surface area contributed by atoms with E-state index in [0.29, 0.717) is 0 Å². The molecule has 0 aliphatic heterocycles. The number of aromatic nitrogens is 3. The monoisotopic (exact) mass is 246 g/mol. The number of aryl methyl sites for hydroxylation is 1. The number of hydrogen-bond donors (Lipinski definition) is 1. The van der Waals surface area contributed by atoms with Crippen molar-refractivity contribution in [1.82, 2.24) is 20.1 Å². The van der Waals surface area contributed by atoms with Gasteiger partial charge < -0.3 is 10.1 Å². The first-order valence-corrected chi connectivity index (χ1v) is 5.96. The van der Waals surface area contributed by atoms with Gasteiger partial charge in [-0.05, 0) is 24.6 Å². The standard InChI is InChI=1S/C13H18N4O/c1-17-13(15-10-16-17)9-14-8-7-11-5-3-4-6-12(11)18-2/h3-6,10,14H,7-9H2,1-2H3. The van der Waals surface area contributed by atoms with Crippen LogP contribution < -0.4 is 10.1 Å². The van der Waals surface area contributed by atoms with E-state index >= 15 is 0 Å². The molecular formula is C13H18N4O. The molecule has 1 aromatic carbocycles. The second-order valence-corrected chi connectivity index (χ2v) is 4.04. The fourth-order valence-electron chi connectivity index (χ4n) is 1.81. The SMILES string of the molecule is COc1ccccc1CCNCc1ncnn1C. The highest BCUT2D eigenvalue weighted by molar-refractivity contribution is 5.33. The van der Waals surface area contributed by atoms with E-state index in [9.17, 15) is 0 Å². The van der Waals surface area contributed by atoms with Gasteiger partial charge in [0.1, 0.15) is 17.9 Å². The van der Waals surface area contributed by atoms with Crippen LogP contribution in [0.1, 0.15) is 11.4 Å². The molecule has 0 saturated carbocycles. The van der Waals surface area contributed by atoms with Crippen LogP contribution in [0.2, 0.25) is 0 Å². The zero-order valence-electron chi connectivity index (χ0n) is 10.8. The molecule has 1 heterocycles. The Bertz CT molecular complexity index is 495. The van der Waals surface area contributed by atoms with Crippen molar-refractivity contribution in [3.8, 4) is 5.75 Å². The van der Waals surface area contributed by atoms with E-state index in [2.05, 4.69) is 21.5 Å². The lowest BCUT2D eigenvalue weighted by molar-refractivity contribution is 0.409. The topological polar surface area (TPSA) is 52.0 Å². The number of nitrogens with zero attached hydrogens (tertiary/aromatic N) is 3. The maximum Gasteiger partial charge on any atom is 0.140 e. The third kappa shape index (κ3) is 3.07. The Labute approximate surface area is 107 Å². The van der Waals surface area contributed by atoms with Crippen LogP contribution in [0.3, 0.4) is 0 Å². The molecule has 1 N–H and O–H groups in total. The average molecular weight is 246 g/mol. The number of methoxy groups -OCH3 is 1. The second-order valence-electron chi connectivity index (χ2n) is 4.04. The van der Waals surface area contributed by atoms with Crippen LogP contribution in [-0.4, -0.2) is 28.4 Å². The molecule has 0 saturated heterocycles. The minimum absolute atomic E-state index is 0.728. The molecule has 5 nitrogen and oxygen atoms in total. The Morgan fingerprint density at radius 3 is 2.89 bits per heavy atom. The lowest BCUT2D eigenvalue weighted by Gasteiger charge is -2.08. The molecule has 2 aromatic rings. The molecule has 1 aromatic heterocycles. The van der Waals surface area contributed by atoms with Crippen molar-refractivity contribution in [1.29, 1.82) is 0 Å². The van der Waals surface area contributed by atoms with Crippen molar-refractivity contribution in [2.45, 2.75) is 13.0 Å². The molecule has 96 valence electrons. The maximum absolute atomic E-state index is 5.31. The van der Waals surface area contributed by atoms with E-state index in [1.54, 1.807) is 18.1 Å². The number of hydrogen-bond acceptors (Lipinski definition) is 4. The second kappa shape index (κ2) is 6.16. The lowest BCUT2D eigenvalue weighted by Crippen LogP contribution is -2.19. The van der Waals surface area contributed by atoms with Gasteiger partial charge in [-0.15, -0.1) is 0 Å². The van der Waals surface area contributed by atoms with Gasteiger partial charge in [-0.3, -0.25) is 4.68 Å². The zero-order valence-corrected chi connectivity index (χ0v) is 10.8. The van der Waals surface area contributed by atoms with E-state index < -0.39 is 0 Å². The summed E-state index contributed by atoms with van der Waals surface area (Å²) in [6.45, 7) is 1.61. The highest BCUT2D eigenvalue weighted by atomic mass is 16.5. The minimum atomic E-state index is 0.728. The van der Waals surface area contributed by atoms with Gasteiger partial charge in [-0.1, -0.05) is 18.2 Å². The van der Waals surface area contributed by atoms with Gasteiger partial charge >= 0.3 is 0 Å². The Balaban J connectivity index is 1.80. The summed E-state index contributed by atoms with van der Waals surface area (Å²) in [7, 11) is 3.59. The predicted molar refractivity (Wildman–Crippen MR) is 69.4 cm³/mol. The molecule has 0 radical (unpaired) electrons. The minimum Gasteiger partial charge on any atom is -0.496 e. The van der Waals surface area contributed by atoms with Crippen molar-refractivity contribution in [3.05, 3.63) is 42.0 Å². The molecule has 0 aliphatic carbocycles. The Hall–Kier alpha value is -1.88. The average Bonchev–Trinajstić information content (AvgIpc) is 2.81. The third-order valence-electron chi connectivity index (χ3n) is 2.85. The molecule has 5 heteroatoms. The summed E-state index contributed by atoms with van der Waals surface area (Å²) < 4.78 is 7.09. The summed E-state index contributed by atoms with van der Waals surface area (Å²) in [4.78, 5) is 4.16. The first-order valence-electron chi connectivity index (χ1n) is 5.96. The van der Waals surface area contributed by atoms with E-state index in [-0.39, 0.29) is 0 Å². The van der Waals surface area contributed by atoms with Crippen molar-refractivity contribution >= 4 is 0 Å². The van der Waals surface area contributed by atoms with Crippen molar-refractivity contribution in [3.63, 3.8) is 0 Å². The maximum atomic E-state index is 5.31. The van der Waals surface area contributed by atoms with E-state index in [1.807, 2.05) is 25.2 Å². The summed E-state index contributed by atoms with van der Waals surface area (Å²) in [5.41, 5.74) is 1.21. The van der Waals surface area contributed by atoms with Crippen LogP contribution in [0, 0.1) is 0 Å².